The third kappa shape index (κ3) is 10.3. The van der Waals surface area contributed by atoms with Crippen LogP contribution in [0.25, 0.3) is 0 Å². The zero-order valence-electron chi connectivity index (χ0n) is 19.2. The molecule has 0 aromatic heterocycles. The van der Waals surface area contributed by atoms with Crippen molar-refractivity contribution >= 4 is 40.0 Å². The van der Waals surface area contributed by atoms with Gasteiger partial charge in [0.25, 0.3) is 0 Å². The Labute approximate surface area is 204 Å². The summed E-state index contributed by atoms with van der Waals surface area (Å²) in [6.07, 6.45) is 5.96. The van der Waals surface area contributed by atoms with Gasteiger partial charge in [-0.25, -0.2) is 18.1 Å². The van der Waals surface area contributed by atoms with Crippen LogP contribution in [0.15, 0.2) is 23.2 Å². The van der Waals surface area contributed by atoms with Crippen LogP contribution in [0, 0.1) is 0 Å². The van der Waals surface area contributed by atoms with Gasteiger partial charge in [-0.3, -0.25) is 0 Å². The first-order valence-corrected chi connectivity index (χ1v) is 12.4. The number of nitrogens with one attached hydrogen (secondary N) is 3. The second-order valence-electron chi connectivity index (χ2n) is 8.30. The van der Waals surface area contributed by atoms with E-state index < -0.39 is 15.6 Å². The maximum atomic E-state index is 11.6. The maximum absolute atomic E-state index is 11.6. The molecule has 10 heteroatoms. The van der Waals surface area contributed by atoms with E-state index in [-0.39, 0.29) is 30.1 Å². The molecule has 0 aliphatic heterocycles. The lowest BCUT2D eigenvalue weighted by molar-refractivity contribution is 0.207. The van der Waals surface area contributed by atoms with E-state index in [9.17, 15) is 8.42 Å². The van der Waals surface area contributed by atoms with Gasteiger partial charge >= 0.3 is 0 Å². The fourth-order valence-corrected chi connectivity index (χ4v) is 4.51. The molecule has 1 aromatic carbocycles. The number of benzene rings is 1. The highest BCUT2D eigenvalue weighted by Gasteiger charge is 2.22. The lowest BCUT2D eigenvalue weighted by Gasteiger charge is -2.26. The molecule has 0 atom stereocenters. The second kappa shape index (κ2) is 12.7. The Hall–Kier alpha value is -1.27. The fraction of sp³-hybridized carbons (Fsp3) is 0.667. The van der Waals surface area contributed by atoms with Gasteiger partial charge < -0.3 is 20.1 Å². The first-order chi connectivity index (χ1) is 14.1. The van der Waals surface area contributed by atoms with Crippen molar-refractivity contribution < 1.29 is 17.9 Å². The summed E-state index contributed by atoms with van der Waals surface area (Å²) in [4.78, 5) is 4.67. The largest absolute Gasteiger partial charge is 0.497 e. The molecule has 1 fully saturated rings. The Kier molecular flexibility index (Phi) is 11.4. The molecule has 1 aliphatic rings. The molecule has 178 valence electrons. The second-order valence-corrected chi connectivity index (χ2v) is 10.1. The van der Waals surface area contributed by atoms with Crippen LogP contribution in [0.2, 0.25) is 0 Å². The summed E-state index contributed by atoms with van der Waals surface area (Å²) < 4.78 is 37.3. The molecular weight excluding hydrogens is 531 g/mol. The molecule has 1 aromatic rings. The zero-order valence-corrected chi connectivity index (χ0v) is 22.3. The summed E-state index contributed by atoms with van der Waals surface area (Å²) in [5.41, 5.74) is 0.328. The number of hydrogen-bond acceptors (Lipinski definition) is 5. The third-order valence-electron chi connectivity index (χ3n) is 4.78. The van der Waals surface area contributed by atoms with Crippen LogP contribution in [0.1, 0.15) is 52.0 Å². The normalized spacial score (nSPS) is 15.3. The number of hydrogen-bond donors (Lipinski definition) is 3. The van der Waals surface area contributed by atoms with Crippen LogP contribution in [0.4, 0.5) is 0 Å². The van der Waals surface area contributed by atoms with Gasteiger partial charge in [0.2, 0.25) is 10.0 Å². The standard InChI is InChI=1S/C21H36N4O4S.HI/c1-6-22-20(24-15-21(2,3)25-30(5,26)27)23-14-16-11-12-18(28-4)13-19(16)29-17-9-7-8-10-17;/h11-13,17,25H,6-10,14-15H2,1-5H3,(H2,22,23,24);1H. The highest BCUT2D eigenvalue weighted by molar-refractivity contribution is 14.0. The van der Waals surface area contributed by atoms with E-state index in [4.69, 9.17) is 9.47 Å². The van der Waals surface area contributed by atoms with Crippen molar-refractivity contribution in [3.63, 3.8) is 0 Å². The number of aliphatic imine (C=N–C) groups is 1. The van der Waals surface area contributed by atoms with Gasteiger partial charge in [0, 0.05) is 30.3 Å². The lowest BCUT2D eigenvalue weighted by Crippen LogP contribution is -2.53. The first-order valence-electron chi connectivity index (χ1n) is 10.5. The number of ether oxygens (including phenoxy) is 2. The minimum atomic E-state index is -3.30. The fourth-order valence-electron chi connectivity index (χ4n) is 3.44. The Morgan fingerprint density at radius 2 is 1.90 bits per heavy atom. The molecule has 3 N–H and O–H groups in total. The van der Waals surface area contributed by atoms with Gasteiger partial charge in [0.05, 0.1) is 26.0 Å². The van der Waals surface area contributed by atoms with E-state index in [1.807, 2.05) is 39.0 Å². The maximum Gasteiger partial charge on any atom is 0.209 e. The van der Waals surface area contributed by atoms with Crippen molar-refractivity contribution in [3.05, 3.63) is 23.8 Å². The van der Waals surface area contributed by atoms with Gasteiger partial charge in [-0.15, -0.1) is 24.0 Å². The minimum Gasteiger partial charge on any atom is -0.497 e. The Morgan fingerprint density at radius 1 is 1.23 bits per heavy atom. The molecule has 31 heavy (non-hydrogen) atoms. The molecule has 1 saturated carbocycles. The van der Waals surface area contributed by atoms with Gasteiger partial charge in [-0.2, -0.15) is 0 Å². The molecule has 0 radical (unpaired) electrons. The highest BCUT2D eigenvalue weighted by Crippen LogP contribution is 2.30. The van der Waals surface area contributed by atoms with Crippen LogP contribution < -0.4 is 24.8 Å². The highest BCUT2D eigenvalue weighted by atomic mass is 127. The van der Waals surface area contributed by atoms with Crippen molar-refractivity contribution in [1.29, 1.82) is 0 Å². The lowest BCUT2D eigenvalue weighted by atomic mass is 10.1. The summed E-state index contributed by atoms with van der Waals surface area (Å²) in [6.45, 7) is 7.14. The molecule has 0 saturated heterocycles. The number of nitrogens with zero attached hydrogens (tertiary/aromatic N) is 1. The van der Waals surface area contributed by atoms with Crippen molar-refractivity contribution in [2.24, 2.45) is 4.99 Å². The van der Waals surface area contributed by atoms with Gasteiger partial charge in [0.1, 0.15) is 11.5 Å². The quantitative estimate of drug-likeness (QED) is 0.228. The first kappa shape index (κ1) is 27.8. The van der Waals surface area contributed by atoms with E-state index in [0.29, 0.717) is 25.6 Å². The predicted molar refractivity (Wildman–Crippen MR) is 136 cm³/mol. The number of halogens is 1. The summed E-state index contributed by atoms with van der Waals surface area (Å²) >= 11 is 0. The van der Waals surface area contributed by atoms with E-state index in [1.165, 1.54) is 12.8 Å². The minimum absolute atomic E-state index is 0. The molecule has 0 bridgehead atoms. The predicted octanol–water partition coefficient (Wildman–Crippen LogP) is 3.02. The smallest absolute Gasteiger partial charge is 0.209 e. The monoisotopic (exact) mass is 568 g/mol. The Morgan fingerprint density at radius 3 is 2.48 bits per heavy atom. The van der Waals surface area contributed by atoms with Gasteiger partial charge in [0.15, 0.2) is 5.96 Å². The topological polar surface area (TPSA) is 101 Å². The van der Waals surface area contributed by atoms with E-state index in [1.54, 1.807) is 7.11 Å². The van der Waals surface area contributed by atoms with Crippen molar-refractivity contribution in [2.45, 2.75) is 64.6 Å². The number of rotatable bonds is 10. The molecule has 8 nitrogen and oxygen atoms in total. The average Bonchev–Trinajstić information content (AvgIpc) is 3.16. The molecule has 0 amide bonds. The third-order valence-corrected chi connectivity index (χ3v) is 5.70. The van der Waals surface area contributed by atoms with Gasteiger partial charge in [-0.05, 0) is 58.6 Å². The Bertz CT molecular complexity index is 825. The van der Waals surface area contributed by atoms with Crippen LogP contribution >= 0.6 is 24.0 Å². The molecule has 1 aliphatic carbocycles. The van der Waals surface area contributed by atoms with Crippen molar-refractivity contribution in [3.8, 4) is 11.5 Å². The molecular formula is C21H37IN4O4S. The van der Waals surface area contributed by atoms with E-state index in [2.05, 4.69) is 20.3 Å². The Balaban J connectivity index is 0.00000480. The SMILES string of the molecule is CCNC(=NCc1ccc(OC)cc1OC1CCCC1)NCC(C)(C)NS(C)(=O)=O.I. The van der Waals surface area contributed by atoms with Crippen LogP contribution in [-0.2, 0) is 16.6 Å². The molecule has 0 unspecified atom stereocenters. The van der Waals surface area contributed by atoms with E-state index in [0.717, 1.165) is 36.2 Å². The molecule has 2 rings (SSSR count). The van der Waals surface area contributed by atoms with Crippen LogP contribution in [-0.4, -0.2) is 52.5 Å². The number of guanidine groups is 1. The summed E-state index contributed by atoms with van der Waals surface area (Å²) in [6, 6.07) is 5.81. The molecule has 0 spiro atoms. The van der Waals surface area contributed by atoms with Crippen LogP contribution in [0.5, 0.6) is 11.5 Å². The van der Waals surface area contributed by atoms with Crippen LogP contribution in [0.3, 0.4) is 0 Å². The van der Waals surface area contributed by atoms with Crippen molar-refractivity contribution in [2.75, 3.05) is 26.5 Å². The summed E-state index contributed by atoms with van der Waals surface area (Å²) in [5, 5.41) is 6.41. The summed E-state index contributed by atoms with van der Waals surface area (Å²) in [7, 11) is -1.65. The molecule has 0 heterocycles. The van der Waals surface area contributed by atoms with Crippen molar-refractivity contribution in [1.82, 2.24) is 15.4 Å². The number of sulfonamides is 1. The summed E-state index contributed by atoms with van der Waals surface area (Å²) in [5.74, 6) is 2.18. The number of methoxy groups -OCH3 is 1. The average molecular weight is 569 g/mol. The van der Waals surface area contributed by atoms with Gasteiger partial charge in [-0.1, -0.05) is 0 Å². The van der Waals surface area contributed by atoms with E-state index >= 15 is 0 Å². The zero-order chi connectivity index (χ0) is 22.2.